The second-order valence-electron chi connectivity index (χ2n) is 6.36. The SMILES string of the molecule is CCNC(=NCc1cc(OC)c(OC)c(OC)c1)NCc1c(C)nn(C)c1C.I. The molecule has 2 N–H and O–H groups in total. The first-order valence-electron chi connectivity index (χ1n) is 9.25. The van der Waals surface area contributed by atoms with Crippen molar-refractivity contribution < 1.29 is 14.2 Å². The zero-order valence-corrected chi connectivity index (χ0v) is 20.6. The molecular formula is C20H32IN5O3. The predicted molar refractivity (Wildman–Crippen MR) is 126 cm³/mol. The van der Waals surface area contributed by atoms with Crippen molar-refractivity contribution >= 4 is 29.9 Å². The Morgan fingerprint density at radius 2 is 1.69 bits per heavy atom. The molecule has 0 atom stereocenters. The highest BCUT2D eigenvalue weighted by atomic mass is 127. The number of aliphatic imine (C=N–C) groups is 1. The number of nitrogens with one attached hydrogen (secondary N) is 2. The van der Waals surface area contributed by atoms with Crippen LogP contribution < -0.4 is 24.8 Å². The molecule has 1 aromatic heterocycles. The molecule has 2 rings (SSSR count). The number of nitrogens with zero attached hydrogens (tertiary/aromatic N) is 3. The van der Waals surface area contributed by atoms with Crippen molar-refractivity contribution in [2.75, 3.05) is 27.9 Å². The standard InChI is InChI=1S/C20H31N5O3.HI/c1-8-21-20(23-12-16-13(2)24-25(4)14(16)3)22-11-15-9-17(26-5)19(28-7)18(10-15)27-6;/h9-10H,8,11-12H2,1-7H3,(H2,21,22,23);1H. The number of benzene rings is 1. The highest BCUT2D eigenvalue weighted by Gasteiger charge is 2.13. The van der Waals surface area contributed by atoms with Gasteiger partial charge in [-0.3, -0.25) is 4.68 Å². The summed E-state index contributed by atoms with van der Waals surface area (Å²) in [4.78, 5) is 4.69. The second-order valence-corrected chi connectivity index (χ2v) is 6.36. The molecule has 8 nitrogen and oxygen atoms in total. The van der Waals surface area contributed by atoms with E-state index in [4.69, 9.17) is 14.2 Å². The minimum absolute atomic E-state index is 0. The van der Waals surface area contributed by atoms with Crippen molar-refractivity contribution in [3.05, 3.63) is 34.6 Å². The molecule has 0 saturated carbocycles. The zero-order chi connectivity index (χ0) is 20.7. The molecule has 0 saturated heterocycles. The van der Waals surface area contributed by atoms with Gasteiger partial charge in [-0.15, -0.1) is 24.0 Å². The third kappa shape index (κ3) is 6.15. The first-order chi connectivity index (χ1) is 13.4. The molecule has 9 heteroatoms. The maximum Gasteiger partial charge on any atom is 0.203 e. The van der Waals surface area contributed by atoms with Crippen LogP contribution in [0.3, 0.4) is 0 Å². The number of ether oxygens (including phenoxy) is 3. The van der Waals surface area contributed by atoms with Crippen molar-refractivity contribution in [3.8, 4) is 17.2 Å². The lowest BCUT2D eigenvalue weighted by atomic mass is 10.2. The molecule has 1 heterocycles. The molecule has 0 fully saturated rings. The van der Waals surface area contributed by atoms with Crippen LogP contribution in [0, 0.1) is 13.8 Å². The Labute approximate surface area is 190 Å². The van der Waals surface area contributed by atoms with E-state index in [0.717, 1.165) is 29.5 Å². The molecule has 0 spiro atoms. The van der Waals surface area contributed by atoms with Crippen molar-refractivity contribution in [1.82, 2.24) is 20.4 Å². The third-order valence-corrected chi connectivity index (χ3v) is 4.58. The fourth-order valence-corrected chi connectivity index (χ4v) is 2.98. The van der Waals surface area contributed by atoms with E-state index in [9.17, 15) is 0 Å². The number of rotatable bonds is 8. The molecule has 29 heavy (non-hydrogen) atoms. The van der Waals surface area contributed by atoms with Gasteiger partial charge >= 0.3 is 0 Å². The van der Waals surface area contributed by atoms with Gasteiger partial charge in [-0.1, -0.05) is 0 Å². The summed E-state index contributed by atoms with van der Waals surface area (Å²) < 4.78 is 18.1. The molecule has 0 aliphatic carbocycles. The van der Waals surface area contributed by atoms with E-state index in [-0.39, 0.29) is 24.0 Å². The molecule has 0 bridgehead atoms. The fraction of sp³-hybridized carbons (Fsp3) is 0.500. The van der Waals surface area contributed by atoms with Crippen molar-refractivity contribution in [2.45, 2.75) is 33.9 Å². The predicted octanol–water partition coefficient (Wildman–Crippen LogP) is 2.94. The van der Waals surface area contributed by atoms with E-state index in [1.807, 2.05) is 37.7 Å². The topological polar surface area (TPSA) is 81.9 Å². The average Bonchev–Trinajstić information content (AvgIpc) is 2.94. The largest absolute Gasteiger partial charge is 0.493 e. The molecule has 0 amide bonds. The Bertz CT molecular complexity index is 811. The Morgan fingerprint density at radius 3 is 2.14 bits per heavy atom. The molecule has 0 unspecified atom stereocenters. The summed E-state index contributed by atoms with van der Waals surface area (Å²) in [6.07, 6.45) is 0. The Balaban J connectivity index is 0.00000420. The maximum absolute atomic E-state index is 5.41. The number of aryl methyl sites for hydroxylation is 2. The van der Waals surface area contributed by atoms with Crippen LogP contribution in [0.4, 0.5) is 0 Å². The van der Waals surface area contributed by atoms with Gasteiger partial charge in [0.05, 0.1) is 33.6 Å². The van der Waals surface area contributed by atoms with Crippen LogP contribution in [0.1, 0.15) is 29.4 Å². The summed E-state index contributed by atoms with van der Waals surface area (Å²) in [6, 6.07) is 3.81. The number of aromatic nitrogens is 2. The van der Waals surface area contributed by atoms with Crippen LogP contribution in [-0.2, 0) is 20.1 Å². The smallest absolute Gasteiger partial charge is 0.203 e. The molecular weight excluding hydrogens is 485 g/mol. The van der Waals surface area contributed by atoms with E-state index < -0.39 is 0 Å². The first-order valence-corrected chi connectivity index (χ1v) is 9.25. The highest BCUT2D eigenvalue weighted by molar-refractivity contribution is 14.0. The van der Waals surface area contributed by atoms with Crippen molar-refractivity contribution in [3.63, 3.8) is 0 Å². The number of hydrogen-bond acceptors (Lipinski definition) is 5. The van der Waals surface area contributed by atoms with E-state index >= 15 is 0 Å². The van der Waals surface area contributed by atoms with Crippen LogP contribution in [0.2, 0.25) is 0 Å². The normalized spacial score (nSPS) is 10.9. The second kappa shape index (κ2) is 11.7. The van der Waals surface area contributed by atoms with Gasteiger partial charge in [0.15, 0.2) is 17.5 Å². The lowest BCUT2D eigenvalue weighted by Crippen LogP contribution is -2.37. The summed E-state index contributed by atoms with van der Waals surface area (Å²) in [7, 11) is 6.76. The summed E-state index contributed by atoms with van der Waals surface area (Å²) in [5.41, 5.74) is 4.31. The van der Waals surface area contributed by atoms with Gasteiger partial charge in [0.1, 0.15) is 0 Å². The molecule has 0 radical (unpaired) electrons. The molecule has 1 aromatic carbocycles. The number of methoxy groups -OCH3 is 3. The number of hydrogen-bond donors (Lipinski definition) is 2. The van der Waals surface area contributed by atoms with Crippen LogP contribution in [0.15, 0.2) is 17.1 Å². The van der Waals surface area contributed by atoms with Gasteiger partial charge in [-0.25, -0.2) is 4.99 Å². The van der Waals surface area contributed by atoms with Gasteiger partial charge in [-0.05, 0) is 38.5 Å². The van der Waals surface area contributed by atoms with Gasteiger partial charge in [0.25, 0.3) is 0 Å². The van der Waals surface area contributed by atoms with Gasteiger partial charge in [0.2, 0.25) is 5.75 Å². The van der Waals surface area contributed by atoms with Crippen molar-refractivity contribution in [1.29, 1.82) is 0 Å². The average molecular weight is 517 g/mol. The quantitative estimate of drug-likeness (QED) is 0.319. The molecule has 2 aromatic rings. The molecule has 0 aliphatic heterocycles. The van der Waals surface area contributed by atoms with Gasteiger partial charge in [-0.2, -0.15) is 5.10 Å². The van der Waals surface area contributed by atoms with E-state index in [1.165, 1.54) is 5.56 Å². The lowest BCUT2D eigenvalue weighted by molar-refractivity contribution is 0.324. The summed E-state index contributed by atoms with van der Waals surface area (Å²) in [6.45, 7) is 8.02. The van der Waals surface area contributed by atoms with E-state index in [2.05, 4.69) is 27.6 Å². The van der Waals surface area contributed by atoms with Crippen LogP contribution in [0.25, 0.3) is 0 Å². The number of halogens is 1. The summed E-state index contributed by atoms with van der Waals surface area (Å²) in [5.74, 6) is 2.54. The van der Waals surface area contributed by atoms with Gasteiger partial charge < -0.3 is 24.8 Å². The molecule has 162 valence electrons. The maximum atomic E-state index is 5.41. The van der Waals surface area contributed by atoms with Crippen LogP contribution >= 0.6 is 24.0 Å². The Kier molecular flexibility index (Phi) is 10.1. The third-order valence-electron chi connectivity index (χ3n) is 4.58. The van der Waals surface area contributed by atoms with E-state index in [1.54, 1.807) is 21.3 Å². The van der Waals surface area contributed by atoms with Crippen LogP contribution in [-0.4, -0.2) is 43.6 Å². The van der Waals surface area contributed by atoms with E-state index in [0.29, 0.717) is 30.3 Å². The van der Waals surface area contributed by atoms with Crippen LogP contribution in [0.5, 0.6) is 17.2 Å². The molecule has 0 aliphatic rings. The van der Waals surface area contributed by atoms with Crippen molar-refractivity contribution in [2.24, 2.45) is 12.0 Å². The summed E-state index contributed by atoms with van der Waals surface area (Å²) in [5, 5.41) is 11.1. The monoisotopic (exact) mass is 517 g/mol. The zero-order valence-electron chi connectivity index (χ0n) is 18.3. The number of guanidine groups is 1. The minimum atomic E-state index is 0. The summed E-state index contributed by atoms with van der Waals surface area (Å²) >= 11 is 0. The van der Waals surface area contributed by atoms with Gasteiger partial charge in [0, 0.05) is 31.4 Å². The minimum Gasteiger partial charge on any atom is -0.493 e. The highest BCUT2D eigenvalue weighted by Crippen LogP contribution is 2.38. The Hall–Kier alpha value is -2.17. The fourth-order valence-electron chi connectivity index (χ4n) is 2.98. The first kappa shape index (κ1) is 24.9. The Morgan fingerprint density at radius 1 is 1.07 bits per heavy atom. The lowest BCUT2D eigenvalue weighted by Gasteiger charge is -2.14.